The number of nitrogens with two attached hydrogens (primary N) is 1. The molecule has 4 N–H and O–H groups in total. The van der Waals surface area contributed by atoms with Gasteiger partial charge < -0.3 is 14.8 Å². The summed E-state index contributed by atoms with van der Waals surface area (Å²) in [6, 6.07) is 0. The first kappa shape index (κ1) is 13.2. The second-order valence-electron chi connectivity index (χ2n) is 4.21. The largest absolute Gasteiger partial charge is 0.385 e. The number of rotatable bonds is 5. The lowest BCUT2D eigenvalue weighted by Gasteiger charge is -2.25. The predicted molar refractivity (Wildman–Crippen MR) is 63.1 cm³/mol. The van der Waals surface area contributed by atoms with E-state index in [4.69, 9.17) is 15.3 Å². The Hall–Kier alpha value is -0.850. The van der Waals surface area contributed by atoms with Crippen molar-refractivity contribution in [3.63, 3.8) is 0 Å². The van der Waals surface area contributed by atoms with Crippen molar-refractivity contribution in [3.8, 4) is 0 Å². The molecule has 0 saturated carbocycles. The van der Waals surface area contributed by atoms with Crippen molar-refractivity contribution in [1.82, 2.24) is 10.7 Å². The summed E-state index contributed by atoms with van der Waals surface area (Å²) in [7, 11) is 1.68. The number of guanidine groups is 1. The van der Waals surface area contributed by atoms with Crippen molar-refractivity contribution in [2.24, 2.45) is 10.8 Å². The summed E-state index contributed by atoms with van der Waals surface area (Å²) >= 11 is 0. The van der Waals surface area contributed by atoms with Crippen molar-refractivity contribution in [2.75, 3.05) is 33.5 Å². The smallest absolute Gasteiger partial charge is 0.206 e. The number of nitrogens with zero attached hydrogens (tertiary/aromatic N) is 1. The van der Waals surface area contributed by atoms with Crippen LogP contribution in [0, 0.1) is 0 Å². The van der Waals surface area contributed by atoms with Crippen LogP contribution in [-0.4, -0.2) is 45.0 Å². The molecule has 0 radical (unpaired) electrons. The average molecular weight is 230 g/mol. The van der Waals surface area contributed by atoms with Gasteiger partial charge in [-0.25, -0.2) is 5.84 Å². The summed E-state index contributed by atoms with van der Waals surface area (Å²) in [5.41, 5.74) is 2.51. The molecule has 1 atom stereocenters. The van der Waals surface area contributed by atoms with Crippen LogP contribution < -0.4 is 16.6 Å². The number of hydrogen-bond donors (Lipinski definition) is 3. The van der Waals surface area contributed by atoms with Crippen LogP contribution in [0.4, 0.5) is 0 Å². The minimum atomic E-state index is -0.0630. The number of nitrogens with one attached hydrogen (secondary N) is 2. The molecule has 1 heterocycles. The van der Waals surface area contributed by atoms with Gasteiger partial charge in [0.1, 0.15) is 0 Å². The van der Waals surface area contributed by atoms with Crippen molar-refractivity contribution in [3.05, 3.63) is 0 Å². The fourth-order valence-electron chi connectivity index (χ4n) is 1.57. The topological polar surface area (TPSA) is 80.9 Å². The van der Waals surface area contributed by atoms with Crippen molar-refractivity contribution >= 4 is 5.96 Å². The van der Waals surface area contributed by atoms with Gasteiger partial charge in [0.2, 0.25) is 5.96 Å². The Kier molecular flexibility index (Phi) is 5.51. The molecule has 1 aliphatic heterocycles. The van der Waals surface area contributed by atoms with E-state index in [1.807, 2.05) is 0 Å². The lowest BCUT2D eigenvalue weighted by Crippen LogP contribution is -2.53. The van der Waals surface area contributed by atoms with Gasteiger partial charge in [0, 0.05) is 26.9 Å². The van der Waals surface area contributed by atoms with Gasteiger partial charge in [0.05, 0.1) is 12.1 Å². The van der Waals surface area contributed by atoms with Gasteiger partial charge in [-0.05, 0) is 19.8 Å². The molecule has 1 rings (SSSR count). The Morgan fingerprint density at radius 3 is 3.00 bits per heavy atom. The molecular weight excluding hydrogens is 208 g/mol. The maximum atomic E-state index is 5.41. The Morgan fingerprint density at radius 1 is 1.62 bits per heavy atom. The zero-order valence-electron chi connectivity index (χ0n) is 10.1. The molecule has 0 aromatic carbocycles. The predicted octanol–water partition coefficient (Wildman–Crippen LogP) is -0.389. The molecule has 1 fully saturated rings. The third kappa shape index (κ3) is 4.34. The molecule has 6 heteroatoms. The zero-order valence-corrected chi connectivity index (χ0v) is 10.1. The molecule has 0 spiro atoms. The fraction of sp³-hybridized carbons (Fsp3) is 0.900. The standard InChI is InChI=1S/C10H22N4O2/c1-10(4-7-16-8-10)13-9(14-11)12-5-3-6-15-2/h3-8,11H2,1-2H3,(H2,12,13,14). The van der Waals surface area contributed by atoms with Crippen LogP contribution in [-0.2, 0) is 9.47 Å². The van der Waals surface area contributed by atoms with Crippen LogP contribution >= 0.6 is 0 Å². The van der Waals surface area contributed by atoms with E-state index in [9.17, 15) is 0 Å². The lowest BCUT2D eigenvalue weighted by molar-refractivity contribution is 0.177. The van der Waals surface area contributed by atoms with Gasteiger partial charge in [-0.2, -0.15) is 0 Å². The highest BCUT2D eigenvalue weighted by molar-refractivity contribution is 5.80. The third-order valence-corrected chi connectivity index (χ3v) is 2.55. The second-order valence-corrected chi connectivity index (χ2v) is 4.21. The van der Waals surface area contributed by atoms with Gasteiger partial charge in [-0.15, -0.1) is 0 Å². The Balaban J connectivity index is 2.35. The van der Waals surface area contributed by atoms with Crippen molar-refractivity contribution in [2.45, 2.75) is 25.3 Å². The molecule has 1 aliphatic rings. The van der Waals surface area contributed by atoms with E-state index in [0.29, 0.717) is 25.7 Å². The summed E-state index contributed by atoms with van der Waals surface area (Å²) in [5, 5.41) is 3.27. The normalized spacial score (nSPS) is 25.8. The molecule has 1 unspecified atom stereocenters. The molecule has 94 valence electrons. The van der Waals surface area contributed by atoms with Crippen LogP contribution in [0.1, 0.15) is 19.8 Å². The lowest BCUT2D eigenvalue weighted by atomic mass is 10.0. The molecule has 0 aromatic heterocycles. The van der Waals surface area contributed by atoms with Crippen LogP contribution in [0.2, 0.25) is 0 Å². The van der Waals surface area contributed by atoms with Gasteiger partial charge >= 0.3 is 0 Å². The van der Waals surface area contributed by atoms with E-state index >= 15 is 0 Å². The maximum Gasteiger partial charge on any atom is 0.206 e. The van der Waals surface area contributed by atoms with E-state index in [-0.39, 0.29) is 5.54 Å². The van der Waals surface area contributed by atoms with Crippen LogP contribution in [0.25, 0.3) is 0 Å². The highest BCUT2D eigenvalue weighted by Crippen LogP contribution is 2.16. The molecule has 0 bridgehead atoms. The Morgan fingerprint density at radius 2 is 2.44 bits per heavy atom. The van der Waals surface area contributed by atoms with Gasteiger partial charge in [0.15, 0.2) is 0 Å². The van der Waals surface area contributed by atoms with Gasteiger partial charge in [-0.1, -0.05) is 0 Å². The highest BCUT2D eigenvalue weighted by Gasteiger charge is 2.30. The van der Waals surface area contributed by atoms with Crippen LogP contribution in [0.3, 0.4) is 0 Å². The summed E-state index contributed by atoms with van der Waals surface area (Å²) < 4.78 is 10.3. The SMILES string of the molecule is COCCCN=C(NN)NC1(C)CCOC1. The van der Waals surface area contributed by atoms with Crippen LogP contribution in [0.5, 0.6) is 0 Å². The molecule has 0 aliphatic carbocycles. The Bertz CT molecular complexity index is 227. The minimum absolute atomic E-state index is 0.0630. The molecule has 0 aromatic rings. The zero-order chi connectivity index (χ0) is 11.9. The first-order chi connectivity index (χ1) is 7.70. The van der Waals surface area contributed by atoms with E-state index in [0.717, 1.165) is 19.4 Å². The number of methoxy groups -OCH3 is 1. The molecular formula is C10H22N4O2. The third-order valence-electron chi connectivity index (χ3n) is 2.55. The number of hydrazine groups is 1. The van der Waals surface area contributed by atoms with Gasteiger partial charge in [0.25, 0.3) is 0 Å². The first-order valence-corrected chi connectivity index (χ1v) is 5.56. The quantitative estimate of drug-likeness (QED) is 0.197. The van der Waals surface area contributed by atoms with Crippen LogP contribution in [0.15, 0.2) is 4.99 Å². The number of ether oxygens (including phenoxy) is 2. The Labute approximate surface area is 96.6 Å². The van der Waals surface area contributed by atoms with Crippen molar-refractivity contribution in [1.29, 1.82) is 0 Å². The maximum absolute atomic E-state index is 5.41. The molecule has 6 nitrogen and oxygen atoms in total. The average Bonchev–Trinajstić information content (AvgIpc) is 2.70. The van der Waals surface area contributed by atoms with E-state index < -0.39 is 0 Å². The summed E-state index contributed by atoms with van der Waals surface area (Å²) in [6.45, 7) is 4.97. The first-order valence-electron chi connectivity index (χ1n) is 5.56. The number of aliphatic imine (C=N–C) groups is 1. The summed E-state index contributed by atoms with van der Waals surface area (Å²) in [5.74, 6) is 6.02. The highest BCUT2D eigenvalue weighted by atomic mass is 16.5. The summed E-state index contributed by atoms with van der Waals surface area (Å²) in [4.78, 5) is 4.32. The fourth-order valence-corrected chi connectivity index (χ4v) is 1.57. The molecule has 0 amide bonds. The van der Waals surface area contributed by atoms with Crippen molar-refractivity contribution < 1.29 is 9.47 Å². The van der Waals surface area contributed by atoms with E-state index in [2.05, 4.69) is 22.7 Å². The van der Waals surface area contributed by atoms with E-state index in [1.165, 1.54) is 0 Å². The molecule has 16 heavy (non-hydrogen) atoms. The monoisotopic (exact) mass is 230 g/mol. The van der Waals surface area contributed by atoms with Gasteiger partial charge in [-0.3, -0.25) is 10.4 Å². The number of hydrogen-bond acceptors (Lipinski definition) is 4. The van der Waals surface area contributed by atoms with E-state index in [1.54, 1.807) is 7.11 Å². The molecule has 1 saturated heterocycles. The minimum Gasteiger partial charge on any atom is -0.385 e. The second kappa shape index (κ2) is 6.67. The summed E-state index contributed by atoms with van der Waals surface area (Å²) in [6.07, 6.45) is 1.85.